The van der Waals surface area contributed by atoms with Crippen LogP contribution in [0.4, 0.5) is 10.5 Å². The van der Waals surface area contributed by atoms with Crippen molar-refractivity contribution in [3.8, 4) is 17.3 Å². The van der Waals surface area contributed by atoms with Gasteiger partial charge in [-0.15, -0.1) is 0 Å². The number of nitrogens with zero attached hydrogens (tertiary/aromatic N) is 4. The van der Waals surface area contributed by atoms with Crippen LogP contribution in [-0.4, -0.2) is 32.4 Å². The molecule has 7 heteroatoms. The molecule has 1 aliphatic heterocycles. The Kier molecular flexibility index (Phi) is 6.40. The summed E-state index contributed by atoms with van der Waals surface area (Å²) in [6.45, 7) is 4.52. The van der Waals surface area contributed by atoms with E-state index in [4.69, 9.17) is 9.84 Å². The second kappa shape index (κ2) is 10.2. The van der Waals surface area contributed by atoms with Crippen molar-refractivity contribution >= 4 is 11.7 Å². The zero-order chi connectivity index (χ0) is 26.9. The zero-order valence-electron chi connectivity index (χ0n) is 22.3. The lowest BCUT2D eigenvalue weighted by molar-refractivity contribution is 0.194. The van der Waals surface area contributed by atoms with Crippen molar-refractivity contribution in [3.05, 3.63) is 125 Å². The molecule has 6 rings (SSSR count). The summed E-state index contributed by atoms with van der Waals surface area (Å²) >= 11 is 0. The second-order valence-electron chi connectivity index (χ2n) is 9.76. The number of hydrogen-bond donors (Lipinski definition) is 1. The van der Waals surface area contributed by atoms with E-state index in [1.54, 1.807) is 7.11 Å². The van der Waals surface area contributed by atoms with Gasteiger partial charge in [0.25, 0.3) is 0 Å². The Bertz CT molecular complexity index is 1640. The van der Waals surface area contributed by atoms with Crippen molar-refractivity contribution in [1.29, 1.82) is 0 Å². The summed E-state index contributed by atoms with van der Waals surface area (Å²) < 4.78 is 9.75. The molecule has 0 fully saturated rings. The molecule has 0 saturated carbocycles. The van der Waals surface area contributed by atoms with E-state index in [2.05, 4.69) is 47.3 Å². The quantitative estimate of drug-likeness (QED) is 0.283. The van der Waals surface area contributed by atoms with Gasteiger partial charge in [-0.05, 0) is 73.0 Å². The Morgan fingerprint density at radius 3 is 2.59 bits per heavy atom. The van der Waals surface area contributed by atoms with Gasteiger partial charge in [0.15, 0.2) is 0 Å². The first-order valence-corrected chi connectivity index (χ1v) is 13.2. The first-order valence-electron chi connectivity index (χ1n) is 13.2. The summed E-state index contributed by atoms with van der Waals surface area (Å²) in [6.07, 6.45) is 2.81. The summed E-state index contributed by atoms with van der Waals surface area (Å²) in [5.74, 6) is 1.70. The molecule has 0 bridgehead atoms. The molecule has 1 atom stereocenters. The standard InChI is InChI=1S/C32H31N5O2/c1-4-28-27-21-36(32(38)33-24-13-8-11-22(2)19-24)30(23-12-9-16-26(20-23)39-3)29-17-10-18-35(29)31(27)37(34-28)25-14-6-5-7-15-25/h5-20,30H,4,21H2,1-3H3,(H,33,38). The minimum atomic E-state index is -0.360. The fourth-order valence-corrected chi connectivity index (χ4v) is 5.43. The lowest BCUT2D eigenvalue weighted by Crippen LogP contribution is -2.38. The summed E-state index contributed by atoms with van der Waals surface area (Å²) in [6, 6.07) is 29.6. The molecular formula is C32H31N5O2. The maximum absolute atomic E-state index is 14.1. The van der Waals surface area contributed by atoms with Gasteiger partial charge in [0, 0.05) is 17.4 Å². The third-order valence-corrected chi connectivity index (χ3v) is 7.24. The molecule has 3 heterocycles. The van der Waals surface area contributed by atoms with Crippen LogP contribution in [-0.2, 0) is 13.0 Å². The molecule has 196 valence electrons. The minimum absolute atomic E-state index is 0.177. The van der Waals surface area contributed by atoms with Gasteiger partial charge < -0.3 is 19.5 Å². The van der Waals surface area contributed by atoms with Gasteiger partial charge >= 0.3 is 6.03 Å². The number of rotatable bonds is 5. The summed E-state index contributed by atoms with van der Waals surface area (Å²) in [7, 11) is 1.66. The van der Waals surface area contributed by atoms with Crippen LogP contribution in [0.5, 0.6) is 5.75 Å². The molecule has 39 heavy (non-hydrogen) atoms. The number of urea groups is 1. The summed E-state index contributed by atoms with van der Waals surface area (Å²) in [4.78, 5) is 16.0. The first kappa shape index (κ1) is 24.6. The molecule has 0 saturated heterocycles. The van der Waals surface area contributed by atoms with Crippen LogP contribution in [0, 0.1) is 6.92 Å². The molecule has 2 amide bonds. The Hall–Kier alpha value is -4.78. The molecule has 3 aromatic carbocycles. The van der Waals surface area contributed by atoms with Crippen LogP contribution in [0.1, 0.15) is 41.0 Å². The van der Waals surface area contributed by atoms with E-state index in [0.29, 0.717) is 6.54 Å². The van der Waals surface area contributed by atoms with Crippen LogP contribution in [0.3, 0.4) is 0 Å². The molecule has 0 aliphatic carbocycles. The van der Waals surface area contributed by atoms with Gasteiger partial charge in [0.1, 0.15) is 11.6 Å². The summed E-state index contributed by atoms with van der Waals surface area (Å²) in [5.41, 5.74) is 6.76. The predicted octanol–water partition coefficient (Wildman–Crippen LogP) is 6.68. The average molecular weight is 518 g/mol. The predicted molar refractivity (Wildman–Crippen MR) is 153 cm³/mol. The Morgan fingerprint density at radius 1 is 1.00 bits per heavy atom. The van der Waals surface area contributed by atoms with E-state index in [0.717, 1.165) is 57.4 Å². The number of anilines is 1. The maximum atomic E-state index is 14.1. The van der Waals surface area contributed by atoms with Crippen molar-refractivity contribution in [2.24, 2.45) is 0 Å². The van der Waals surface area contributed by atoms with E-state index in [9.17, 15) is 4.79 Å². The molecule has 1 N–H and O–H groups in total. The summed E-state index contributed by atoms with van der Waals surface area (Å²) in [5, 5.41) is 8.19. The highest BCUT2D eigenvalue weighted by Crippen LogP contribution is 2.39. The monoisotopic (exact) mass is 517 g/mol. The highest BCUT2D eigenvalue weighted by atomic mass is 16.5. The van der Waals surface area contributed by atoms with Crippen molar-refractivity contribution in [1.82, 2.24) is 19.2 Å². The molecule has 1 aliphatic rings. The maximum Gasteiger partial charge on any atom is 0.322 e. The van der Waals surface area contributed by atoms with Crippen LogP contribution >= 0.6 is 0 Å². The normalized spacial score (nSPS) is 14.3. The number of benzene rings is 3. The number of amides is 2. The molecule has 7 nitrogen and oxygen atoms in total. The number of carbonyl (C=O) groups is 1. The second-order valence-corrected chi connectivity index (χ2v) is 9.76. The van der Waals surface area contributed by atoms with Crippen molar-refractivity contribution in [2.75, 3.05) is 12.4 Å². The largest absolute Gasteiger partial charge is 0.497 e. The molecule has 2 aromatic heterocycles. The van der Waals surface area contributed by atoms with E-state index in [-0.39, 0.29) is 12.1 Å². The van der Waals surface area contributed by atoms with Crippen molar-refractivity contribution in [2.45, 2.75) is 32.9 Å². The molecule has 0 spiro atoms. The number of aromatic nitrogens is 3. The van der Waals surface area contributed by atoms with Crippen molar-refractivity contribution < 1.29 is 9.53 Å². The van der Waals surface area contributed by atoms with Gasteiger partial charge in [-0.2, -0.15) is 5.10 Å². The van der Waals surface area contributed by atoms with E-state index >= 15 is 0 Å². The van der Waals surface area contributed by atoms with E-state index in [1.165, 1.54) is 0 Å². The Labute approximate surface area is 228 Å². The number of nitrogens with one attached hydrogen (secondary N) is 1. The lowest BCUT2D eigenvalue weighted by atomic mass is 10.0. The van der Waals surface area contributed by atoms with Gasteiger partial charge in [0.05, 0.1) is 36.8 Å². The van der Waals surface area contributed by atoms with Crippen LogP contribution in [0.2, 0.25) is 0 Å². The van der Waals surface area contributed by atoms with Crippen molar-refractivity contribution in [3.63, 3.8) is 0 Å². The highest BCUT2D eigenvalue weighted by molar-refractivity contribution is 5.90. The molecule has 0 radical (unpaired) electrons. The van der Waals surface area contributed by atoms with E-state index < -0.39 is 0 Å². The molecule has 5 aromatic rings. The number of fused-ring (bicyclic) bond motifs is 3. The lowest BCUT2D eigenvalue weighted by Gasteiger charge is -2.31. The number of ether oxygens (including phenoxy) is 1. The molecular weight excluding hydrogens is 486 g/mol. The fourth-order valence-electron chi connectivity index (χ4n) is 5.43. The third kappa shape index (κ3) is 4.46. The van der Waals surface area contributed by atoms with Gasteiger partial charge in [-0.1, -0.05) is 49.4 Å². The number of hydrogen-bond acceptors (Lipinski definition) is 3. The zero-order valence-corrected chi connectivity index (χ0v) is 22.3. The Balaban J connectivity index is 1.56. The first-order chi connectivity index (χ1) is 19.1. The SMILES string of the molecule is CCc1nn(-c2ccccc2)c2c1CN(C(=O)Nc1cccc(C)c1)C(c1cccc(OC)c1)c1cccn1-2. The van der Waals surface area contributed by atoms with Crippen LogP contribution < -0.4 is 10.1 Å². The van der Waals surface area contributed by atoms with Crippen LogP contribution in [0.15, 0.2) is 97.2 Å². The van der Waals surface area contributed by atoms with Gasteiger partial charge in [-0.25, -0.2) is 9.48 Å². The average Bonchev–Trinajstić information content (AvgIpc) is 3.54. The number of para-hydroxylation sites is 1. The molecule has 1 unspecified atom stereocenters. The van der Waals surface area contributed by atoms with Gasteiger partial charge in [-0.3, -0.25) is 0 Å². The minimum Gasteiger partial charge on any atom is -0.497 e. The fraction of sp³-hybridized carbons (Fsp3) is 0.188. The smallest absolute Gasteiger partial charge is 0.322 e. The van der Waals surface area contributed by atoms with Gasteiger partial charge in [0.2, 0.25) is 0 Å². The van der Waals surface area contributed by atoms with Crippen LogP contribution in [0.25, 0.3) is 11.5 Å². The number of aryl methyl sites for hydroxylation is 2. The topological polar surface area (TPSA) is 64.3 Å². The Morgan fingerprint density at radius 2 is 1.82 bits per heavy atom. The number of carbonyl (C=O) groups excluding carboxylic acids is 1. The van der Waals surface area contributed by atoms with E-state index in [1.807, 2.05) is 83.2 Å². The number of methoxy groups -OCH3 is 1. The highest BCUT2D eigenvalue weighted by Gasteiger charge is 2.36. The third-order valence-electron chi connectivity index (χ3n) is 7.24.